The van der Waals surface area contributed by atoms with Crippen molar-refractivity contribution in [3.63, 3.8) is 0 Å². The normalized spacial score (nSPS) is 18.3. The molecule has 1 atom stereocenters. The molecule has 5 heteroatoms. The smallest absolute Gasteiger partial charge is 0.193 e. The first-order valence-electron chi connectivity index (χ1n) is 8.82. The van der Waals surface area contributed by atoms with E-state index in [0.29, 0.717) is 0 Å². The van der Waals surface area contributed by atoms with Crippen LogP contribution >= 0.6 is 24.0 Å². The third kappa shape index (κ3) is 6.59. The third-order valence-corrected chi connectivity index (χ3v) is 4.57. The van der Waals surface area contributed by atoms with Gasteiger partial charge < -0.3 is 15.1 Å². The fraction of sp³-hybridized carbons (Fsp3) is 0.632. The van der Waals surface area contributed by atoms with Crippen molar-refractivity contribution in [2.75, 3.05) is 40.3 Å². The van der Waals surface area contributed by atoms with Crippen LogP contribution in [0.15, 0.2) is 29.3 Å². The lowest BCUT2D eigenvalue weighted by Crippen LogP contribution is -2.41. The van der Waals surface area contributed by atoms with Gasteiger partial charge in [-0.1, -0.05) is 36.8 Å². The van der Waals surface area contributed by atoms with Gasteiger partial charge in [0.05, 0.1) is 0 Å². The summed E-state index contributed by atoms with van der Waals surface area (Å²) >= 11 is 0. The van der Waals surface area contributed by atoms with E-state index in [0.717, 1.165) is 25.0 Å². The van der Waals surface area contributed by atoms with Crippen LogP contribution in [0.1, 0.15) is 30.9 Å². The molecule has 0 aliphatic carbocycles. The highest BCUT2D eigenvalue weighted by Crippen LogP contribution is 2.15. The number of hydrogen-bond donors (Lipinski definition) is 1. The summed E-state index contributed by atoms with van der Waals surface area (Å²) in [7, 11) is 3.97. The zero-order valence-electron chi connectivity index (χ0n) is 15.6. The zero-order chi connectivity index (χ0) is 16.7. The largest absolute Gasteiger partial charge is 0.356 e. The van der Waals surface area contributed by atoms with E-state index in [9.17, 15) is 0 Å². The van der Waals surface area contributed by atoms with Crippen molar-refractivity contribution in [3.8, 4) is 0 Å². The van der Waals surface area contributed by atoms with Gasteiger partial charge in [0.25, 0.3) is 0 Å². The monoisotopic (exact) mass is 444 g/mol. The molecule has 0 saturated carbocycles. The SMILES string of the molecule is CCCN1CCC(CNC(=NC)N(C)Cc2ccc(C)cc2)C1.I. The predicted octanol–water partition coefficient (Wildman–Crippen LogP) is 3.35. The van der Waals surface area contributed by atoms with Gasteiger partial charge in [0.1, 0.15) is 0 Å². The summed E-state index contributed by atoms with van der Waals surface area (Å²) in [6, 6.07) is 8.72. The highest BCUT2D eigenvalue weighted by Gasteiger charge is 2.22. The molecule has 2 rings (SSSR count). The van der Waals surface area contributed by atoms with Gasteiger partial charge in [-0.05, 0) is 44.3 Å². The lowest BCUT2D eigenvalue weighted by Gasteiger charge is -2.24. The van der Waals surface area contributed by atoms with E-state index in [1.54, 1.807) is 0 Å². The zero-order valence-corrected chi connectivity index (χ0v) is 17.9. The molecule has 1 aromatic rings. The highest BCUT2D eigenvalue weighted by atomic mass is 127. The van der Waals surface area contributed by atoms with Gasteiger partial charge in [-0.25, -0.2) is 0 Å². The van der Waals surface area contributed by atoms with Crippen molar-refractivity contribution < 1.29 is 0 Å². The molecule has 0 aromatic heterocycles. The average Bonchev–Trinajstić information content (AvgIpc) is 2.98. The maximum Gasteiger partial charge on any atom is 0.193 e. The molecule has 1 N–H and O–H groups in total. The molecular formula is C19H33IN4. The number of likely N-dealkylation sites (tertiary alicyclic amines) is 1. The topological polar surface area (TPSA) is 30.9 Å². The van der Waals surface area contributed by atoms with Crippen molar-refractivity contribution in [1.82, 2.24) is 15.1 Å². The molecule has 0 bridgehead atoms. The third-order valence-electron chi connectivity index (χ3n) is 4.57. The fourth-order valence-corrected chi connectivity index (χ4v) is 3.26. The molecule has 1 unspecified atom stereocenters. The maximum atomic E-state index is 4.44. The second-order valence-electron chi connectivity index (χ2n) is 6.73. The van der Waals surface area contributed by atoms with Crippen molar-refractivity contribution in [1.29, 1.82) is 0 Å². The average molecular weight is 444 g/mol. The van der Waals surface area contributed by atoms with Crippen LogP contribution in [0.2, 0.25) is 0 Å². The molecule has 0 radical (unpaired) electrons. The van der Waals surface area contributed by atoms with Gasteiger partial charge in [0.2, 0.25) is 0 Å². The molecule has 1 aliphatic heterocycles. The molecule has 1 saturated heterocycles. The van der Waals surface area contributed by atoms with Crippen molar-refractivity contribution in [2.45, 2.75) is 33.2 Å². The lowest BCUT2D eigenvalue weighted by atomic mass is 10.1. The summed E-state index contributed by atoms with van der Waals surface area (Å²) in [5.74, 6) is 1.73. The molecule has 24 heavy (non-hydrogen) atoms. The Kier molecular flexibility index (Phi) is 9.66. The summed E-state index contributed by atoms with van der Waals surface area (Å²) in [6.45, 7) is 9.98. The van der Waals surface area contributed by atoms with Crippen LogP contribution in [0, 0.1) is 12.8 Å². The minimum Gasteiger partial charge on any atom is -0.356 e. The Hall–Kier alpha value is -0.820. The van der Waals surface area contributed by atoms with E-state index in [2.05, 4.69) is 65.3 Å². The number of guanidine groups is 1. The van der Waals surface area contributed by atoms with Gasteiger partial charge >= 0.3 is 0 Å². The lowest BCUT2D eigenvalue weighted by molar-refractivity contribution is 0.324. The van der Waals surface area contributed by atoms with Crippen molar-refractivity contribution in [2.24, 2.45) is 10.9 Å². The van der Waals surface area contributed by atoms with Crippen LogP contribution in [0.3, 0.4) is 0 Å². The first-order chi connectivity index (χ1) is 11.1. The molecule has 1 aromatic carbocycles. The summed E-state index contributed by atoms with van der Waals surface area (Å²) < 4.78 is 0. The maximum absolute atomic E-state index is 4.44. The second-order valence-corrected chi connectivity index (χ2v) is 6.73. The second kappa shape index (κ2) is 10.9. The van der Waals surface area contributed by atoms with Gasteiger partial charge in [-0.2, -0.15) is 0 Å². The van der Waals surface area contributed by atoms with Crippen LogP contribution in [0.4, 0.5) is 0 Å². The summed E-state index contributed by atoms with van der Waals surface area (Å²) in [6.07, 6.45) is 2.55. The Bertz CT molecular complexity index is 501. The van der Waals surface area contributed by atoms with E-state index in [4.69, 9.17) is 0 Å². The molecule has 0 amide bonds. The van der Waals surface area contributed by atoms with Crippen molar-refractivity contribution >= 4 is 29.9 Å². The first-order valence-corrected chi connectivity index (χ1v) is 8.82. The molecule has 4 nitrogen and oxygen atoms in total. The molecule has 1 fully saturated rings. The Balaban J connectivity index is 0.00000288. The number of hydrogen-bond acceptors (Lipinski definition) is 2. The highest BCUT2D eigenvalue weighted by molar-refractivity contribution is 14.0. The number of halogens is 1. The van der Waals surface area contributed by atoms with E-state index in [1.165, 1.54) is 43.6 Å². The number of aliphatic imine (C=N–C) groups is 1. The minimum atomic E-state index is 0. The van der Waals surface area contributed by atoms with Gasteiger partial charge in [-0.15, -0.1) is 24.0 Å². The standard InChI is InChI=1S/C19H32N4.HI/c1-5-11-23-12-10-18(15-23)13-21-19(20-3)22(4)14-17-8-6-16(2)7-9-17;/h6-9,18H,5,10-15H2,1-4H3,(H,20,21);1H. The van der Waals surface area contributed by atoms with E-state index >= 15 is 0 Å². The van der Waals surface area contributed by atoms with Gasteiger partial charge in [0.15, 0.2) is 5.96 Å². The molecule has 1 aliphatic rings. The van der Waals surface area contributed by atoms with Crippen LogP contribution in [0.5, 0.6) is 0 Å². The quantitative estimate of drug-likeness (QED) is 0.415. The first kappa shape index (κ1) is 21.2. The molecule has 0 spiro atoms. The van der Waals surface area contributed by atoms with E-state index in [1.807, 2.05) is 7.05 Å². The Morgan fingerprint density at radius 1 is 1.33 bits per heavy atom. The number of nitrogens with one attached hydrogen (secondary N) is 1. The number of rotatable bonds is 6. The predicted molar refractivity (Wildman–Crippen MR) is 114 cm³/mol. The minimum absolute atomic E-state index is 0. The molecule has 1 heterocycles. The van der Waals surface area contributed by atoms with Gasteiger partial charge in [-0.3, -0.25) is 4.99 Å². The van der Waals surface area contributed by atoms with E-state index < -0.39 is 0 Å². The Labute approximate surface area is 164 Å². The number of nitrogens with zero attached hydrogens (tertiary/aromatic N) is 3. The summed E-state index contributed by atoms with van der Waals surface area (Å²) in [5, 5.41) is 3.55. The van der Waals surface area contributed by atoms with Crippen LogP contribution < -0.4 is 5.32 Å². The van der Waals surface area contributed by atoms with Gasteiger partial charge in [0, 0.05) is 33.7 Å². The fourth-order valence-electron chi connectivity index (χ4n) is 3.26. The van der Waals surface area contributed by atoms with E-state index in [-0.39, 0.29) is 24.0 Å². The van der Waals surface area contributed by atoms with Crippen LogP contribution in [-0.2, 0) is 6.54 Å². The Morgan fingerprint density at radius 2 is 2.04 bits per heavy atom. The number of benzene rings is 1. The van der Waals surface area contributed by atoms with Crippen molar-refractivity contribution in [3.05, 3.63) is 35.4 Å². The molecule has 136 valence electrons. The Morgan fingerprint density at radius 3 is 2.67 bits per heavy atom. The number of aryl methyl sites for hydroxylation is 1. The van der Waals surface area contributed by atoms with Crippen LogP contribution in [-0.4, -0.2) is 56.0 Å². The summed E-state index contributed by atoms with van der Waals surface area (Å²) in [4.78, 5) is 9.21. The summed E-state index contributed by atoms with van der Waals surface area (Å²) in [5.41, 5.74) is 2.62. The van der Waals surface area contributed by atoms with Crippen LogP contribution in [0.25, 0.3) is 0 Å². The molecular weight excluding hydrogens is 411 g/mol.